The van der Waals surface area contributed by atoms with Crippen molar-refractivity contribution in [3.05, 3.63) is 34.9 Å². The van der Waals surface area contributed by atoms with Crippen LogP contribution in [0.5, 0.6) is 0 Å². The van der Waals surface area contributed by atoms with E-state index in [1.54, 1.807) is 0 Å². The van der Waals surface area contributed by atoms with E-state index in [1.165, 1.54) is 0 Å². The zero-order valence-corrected chi connectivity index (χ0v) is 37.3. The monoisotopic (exact) mass is 1100 g/mol. The van der Waals surface area contributed by atoms with Crippen LogP contribution in [-0.4, -0.2) is 82.0 Å². The van der Waals surface area contributed by atoms with Crippen molar-refractivity contribution >= 4 is 82.0 Å². The first-order chi connectivity index (χ1) is 23.7. The van der Waals surface area contributed by atoms with Crippen molar-refractivity contribution in [3.8, 4) is 0 Å². The first kappa shape index (κ1) is 44.0. The van der Waals surface area contributed by atoms with Gasteiger partial charge in [-0.25, -0.2) is 0 Å². The Bertz CT molecular complexity index is 1270. The van der Waals surface area contributed by atoms with Crippen molar-refractivity contribution in [3.63, 3.8) is 0 Å². The van der Waals surface area contributed by atoms with E-state index in [0.29, 0.717) is 49.9 Å². The molecule has 0 aromatic carbocycles. The zero-order valence-electron chi connectivity index (χ0n) is 30.4. The molecule has 0 aliphatic carbocycles. The van der Waals surface area contributed by atoms with E-state index < -0.39 is 82.0 Å². The molecule has 14 heteroatoms. The molecule has 0 amide bonds. The summed E-state index contributed by atoms with van der Waals surface area (Å²) in [4.78, 5) is 76.6. The van der Waals surface area contributed by atoms with Gasteiger partial charge in [-0.05, 0) is 0 Å². The van der Waals surface area contributed by atoms with Gasteiger partial charge in [0.05, 0.1) is 0 Å². The van der Waals surface area contributed by atoms with Crippen molar-refractivity contribution in [1.29, 1.82) is 0 Å². The number of unbranched alkanes of at least 4 members (excludes halogenated alkanes) is 6. The van der Waals surface area contributed by atoms with Gasteiger partial charge in [0.15, 0.2) is 0 Å². The minimum atomic E-state index is -4.39. The Morgan fingerprint density at radius 3 is 1.46 bits per heavy atom. The first-order valence-electron chi connectivity index (χ1n) is 17.8. The fourth-order valence-corrected chi connectivity index (χ4v) is 11.2. The summed E-state index contributed by atoms with van der Waals surface area (Å²) in [5.41, 5.74) is 0.236. The van der Waals surface area contributed by atoms with Crippen LogP contribution in [0, 0.1) is 17.8 Å². The second kappa shape index (κ2) is 24.1. The standard InChI is InChI=1S/3C12H20O4.2Bi/c3*1-9(2)6-4-3-5-7-10(12(15)16)8-11(13)14;;/h3*8-9H,3-7H2,1-2H3,(H,13,14)(H,15,16);;/q;;;2*+3/p-6/b10-8+;;;;. The number of hydrogen-bond donors (Lipinski definition) is 0. The molecule has 0 N–H and O–H groups in total. The van der Waals surface area contributed by atoms with Crippen LogP contribution in [0.4, 0.5) is 0 Å². The van der Waals surface area contributed by atoms with Crippen LogP contribution in [0.25, 0.3) is 0 Å². The molecule has 2 aliphatic rings. The maximum atomic E-state index is 13.3. The molecular weight excluding hydrogens is 1040 g/mol. The van der Waals surface area contributed by atoms with E-state index in [-0.39, 0.29) is 23.1 Å². The van der Waals surface area contributed by atoms with E-state index in [9.17, 15) is 28.8 Å². The summed E-state index contributed by atoms with van der Waals surface area (Å²) < 4.78 is 31.8. The van der Waals surface area contributed by atoms with Gasteiger partial charge in [-0.3, -0.25) is 0 Å². The van der Waals surface area contributed by atoms with Gasteiger partial charge < -0.3 is 0 Å². The molecule has 50 heavy (non-hydrogen) atoms. The number of carbonyl (C=O) groups excluding carboxylic acids is 6. The molecule has 2 heterocycles. The van der Waals surface area contributed by atoms with E-state index in [2.05, 4.69) is 41.5 Å². The van der Waals surface area contributed by atoms with Crippen molar-refractivity contribution in [2.45, 2.75) is 138 Å². The molecule has 0 fully saturated rings. The molecule has 0 aromatic rings. The van der Waals surface area contributed by atoms with Crippen LogP contribution in [-0.2, 0) is 45.6 Å². The summed E-state index contributed by atoms with van der Waals surface area (Å²) in [6.07, 6.45) is 14.4. The summed E-state index contributed by atoms with van der Waals surface area (Å²) >= 11 is -8.76. The van der Waals surface area contributed by atoms with Gasteiger partial charge in [-0.1, -0.05) is 0 Å². The van der Waals surface area contributed by atoms with Crippen molar-refractivity contribution in [2.75, 3.05) is 0 Å². The summed E-state index contributed by atoms with van der Waals surface area (Å²) in [7, 11) is 0. The molecule has 2 aliphatic heterocycles. The van der Waals surface area contributed by atoms with Gasteiger partial charge in [0, 0.05) is 0 Å². The quantitative estimate of drug-likeness (QED) is 0.0633. The number of hydrogen-bond acceptors (Lipinski definition) is 12. The Morgan fingerprint density at radius 1 is 0.600 bits per heavy atom. The van der Waals surface area contributed by atoms with E-state index in [1.807, 2.05) is 0 Å². The van der Waals surface area contributed by atoms with Gasteiger partial charge >= 0.3 is 318 Å². The Kier molecular flexibility index (Phi) is 21.2. The van der Waals surface area contributed by atoms with Crippen LogP contribution >= 0.6 is 0 Å². The SMILES string of the molecule is CC(C)CCCCCC1=CC(=O)[O][Bi]([O]C(=O)/C=C(\CCCCCC(C)C)C(=O)[O][Bi]2[O]C(=O)C=C(CCCCCC(C)C)C(=O)[O]2)[O]C1=O. The average Bonchev–Trinajstić information content (AvgIpc) is 3.23. The number of rotatable bonds is 22. The van der Waals surface area contributed by atoms with Gasteiger partial charge in [0.1, 0.15) is 0 Å². The molecule has 2 rings (SSSR count). The Labute approximate surface area is 316 Å². The van der Waals surface area contributed by atoms with Crippen LogP contribution < -0.4 is 0 Å². The molecule has 0 atom stereocenters. The van der Waals surface area contributed by atoms with Gasteiger partial charge in [-0.2, -0.15) is 0 Å². The first-order valence-corrected chi connectivity index (χ1v) is 26.3. The average molecular weight is 1100 g/mol. The third-order valence-corrected chi connectivity index (χ3v) is 15.3. The van der Waals surface area contributed by atoms with Gasteiger partial charge in [0.2, 0.25) is 0 Å². The van der Waals surface area contributed by atoms with Crippen molar-refractivity contribution in [1.82, 2.24) is 0 Å². The topological polar surface area (TPSA) is 158 Å². The molecule has 0 unspecified atom stereocenters. The molecule has 280 valence electrons. The fraction of sp³-hybridized carbons (Fsp3) is 0.667. The zero-order chi connectivity index (χ0) is 37.1. The van der Waals surface area contributed by atoms with Crippen molar-refractivity contribution in [2.24, 2.45) is 17.8 Å². The van der Waals surface area contributed by atoms with E-state index in [0.717, 1.165) is 76.0 Å². The predicted octanol–water partition coefficient (Wildman–Crippen LogP) is 6.84. The second-order valence-corrected chi connectivity index (χ2v) is 21.5. The molecule has 0 aromatic heterocycles. The summed E-state index contributed by atoms with van der Waals surface area (Å²) in [6.45, 7) is 12.8. The predicted molar refractivity (Wildman–Crippen MR) is 186 cm³/mol. The minimum absolute atomic E-state index is 0.0964. The fourth-order valence-electron chi connectivity index (χ4n) is 5.05. The third-order valence-electron chi connectivity index (χ3n) is 7.81. The Balaban J connectivity index is 2.04. The van der Waals surface area contributed by atoms with E-state index in [4.69, 9.17) is 16.9 Å². The maximum absolute atomic E-state index is 13.3. The molecule has 0 radical (unpaired) electrons. The van der Waals surface area contributed by atoms with Crippen molar-refractivity contribution < 1.29 is 45.6 Å². The van der Waals surface area contributed by atoms with Crippen LogP contribution in [0.2, 0.25) is 0 Å². The van der Waals surface area contributed by atoms with E-state index >= 15 is 0 Å². The Morgan fingerprint density at radius 2 is 1.02 bits per heavy atom. The molecule has 0 saturated carbocycles. The number of carbonyl (C=O) groups is 6. The summed E-state index contributed by atoms with van der Waals surface area (Å²) in [5, 5.41) is 0. The van der Waals surface area contributed by atoms with Gasteiger partial charge in [0.25, 0.3) is 0 Å². The van der Waals surface area contributed by atoms with Gasteiger partial charge in [-0.15, -0.1) is 0 Å². The normalized spacial score (nSPS) is 16.3. The van der Waals surface area contributed by atoms with Crippen LogP contribution in [0.3, 0.4) is 0 Å². The Hall–Kier alpha value is -2.19. The summed E-state index contributed by atoms with van der Waals surface area (Å²) in [5.74, 6) is -3.49. The second-order valence-electron chi connectivity index (χ2n) is 13.8. The molecule has 0 bridgehead atoms. The molecule has 0 saturated heterocycles. The van der Waals surface area contributed by atoms with Crippen LogP contribution in [0.15, 0.2) is 34.9 Å². The third kappa shape index (κ3) is 18.9. The van der Waals surface area contributed by atoms with Crippen LogP contribution in [0.1, 0.15) is 138 Å². The molecule has 12 nitrogen and oxygen atoms in total. The molecule has 0 spiro atoms. The molecular formula is C36H54Bi2O12. The summed E-state index contributed by atoms with van der Waals surface area (Å²) in [6, 6.07) is 0.